The van der Waals surface area contributed by atoms with E-state index in [1.807, 2.05) is 6.07 Å². The molecule has 2 N–H and O–H groups in total. The topological polar surface area (TPSA) is 60.2 Å². The van der Waals surface area contributed by atoms with Gasteiger partial charge in [-0.05, 0) is 30.5 Å². The molecule has 0 amide bonds. The zero-order chi connectivity index (χ0) is 12.2. The second kappa shape index (κ2) is 5.27. The fraction of sp³-hybridized carbons (Fsp3) is 0.333. The van der Waals surface area contributed by atoms with Crippen LogP contribution in [-0.4, -0.2) is 14.7 Å². The van der Waals surface area contributed by atoms with Crippen LogP contribution >= 0.6 is 0 Å². The van der Waals surface area contributed by atoms with Gasteiger partial charge in [-0.2, -0.15) is 0 Å². The molecule has 1 atom stereocenters. The quantitative estimate of drug-likeness (QED) is 0.800. The molecule has 0 aliphatic carbocycles. The van der Waals surface area contributed by atoms with Gasteiger partial charge in [0.05, 0.1) is 4.90 Å². The molecule has 0 saturated carbocycles. The van der Waals surface area contributed by atoms with Crippen molar-refractivity contribution in [3.63, 3.8) is 0 Å². The molecule has 16 heavy (non-hydrogen) atoms. The maximum absolute atomic E-state index is 11.4. The molecular weight excluding hydrogens is 222 g/mol. The minimum Gasteiger partial charge on any atom is -0.324 e. The van der Waals surface area contributed by atoms with Crippen molar-refractivity contribution in [1.29, 1.82) is 0 Å². The van der Waals surface area contributed by atoms with E-state index in [0.29, 0.717) is 4.90 Å². The summed E-state index contributed by atoms with van der Waals surface area (Å²) in [4.78, 5) is 0.319. The summed E-state index contributed by atoms with van der Waals surface area (Å²) in [5.41, 5.74) is 6.80. The first-order valence-electron chi connectivity index (χ1n) is 5.11. The van der Waals surface area contributed by atoms with E-state index in [4.69, 9.17) is 5.73 Å². The fourth-order valence-corrected chi connectivity index (χ4v) is 2.12. The molecular formula is C12H17NO2S. The lowest BCUT2D eigenvalue weighted by molar-refractivity contribution is 0.601. The van der Waals surface area contributed by atoms with Crippen LogP contribution in [0.15, 0.2) is 41.8 Å². The molecule has 0 spiro atoms. The number of benzene rings is 1. The Kier molecular flexibility index (Phi) is 4.26. The second-order valence-electron chi connectivity index (χ2n) is 3.82. The standard InChI is InChI=1S/C12H17NO2S/c1-3-4-8-12(13)10-6-5-7-11(9-10)16(2,14)15/h3,5-7,9,12H,1,4,8,13H2,2H3. The van der Waals surface area contributed by atoms with Crippen LogP contribution in [0.25, 0.3) is 0 Å². The third-order valence-corrected chi connectivity index (χ3v) is 3.51. The van der Waals surface area contributed by atoms with Crippen LogP contribution in [0.4, 0.5) is 0 Å². The molecule has 1 aromatic rings. The maximum atomic E-state index is 11.4. The van der Waals surface area contributed by atoms with Crippen LogP contribution < -0.4 is 5.73 Å². The van der Waals surface area contributed by atoms with Crippen LogP contribution in [0.5, 0.6) is 0 Å². The third-order valence-electron chi connectivity index (χ3n) is 2.40. The number of allylic oxidation sites excluding steroid dienone is 1. The van der Waals surface area contributed by atoms with Crippen molar-refractivity contribution in [1.82, 2.24) is 0 Å². The van der Waals surface area contributed by atoms with Crippen molar-refractivity contribution in [3.05, 3.63) is 42.5 Å². The van der Waals surface area contributed by atoms with E-state index in [1.54, 1.807) is 24.3 Å². The second-order valence-corrected chi connectivity index (χ2v) is 5.83. The highest BCUT2D eigenvalue weighted by Crippen LogP contribution is 2.19. The molecule has 4 heteroatoms. The average Bonchev–Trinajstić information content (AvgIpc) is 2.25. The average molecular weight is 239 g/mol. The van der Waals surface area contributed by atoms with Gasteiger partial charge in [0.25, 0.3) is 0 Å². The lowest BCUT2D eigenvalue weighted by atomic mass is 10.0. The normalized spacial score (nSPS) is 13.4. The van der Waals surface area contributed by atoms with Gasteiger partial charge in [-0.3, -0.25) is 0 Å². The van der Waals surface area contributed by atoms with Crippen molar-refractivity contribution >= 4 is 9.84 Å². The lowest BCUT2D eigenvalue weighted by Crippen LogP contribution is -2.10. The SMILES string of the molecule is C=CCCC(N)c1cccc(S(C)(=O)=O)c1. The first-order valence-corrected chi connectivity index (χ1v) is 7.01. The molecule has 0 heterocycles. The summed E-state index contributed by atoms with van der Waals surface area (Å²) in [6, 6.07) is 6.66. The van der Waals surface area contributed by atoms with Gasteiger partial charge in [0, 0.05) is 12.3 Å². The number of sulfone groups is 1. The minimum absolute atomic E-state index is 0.139. The molecule has 0 fully saturated rings. The van der Waals surface area contributed by atoms with Crippen LogP contribution in [0.1, 0.15) is 24.4 Å². The Balaban J connectivity index is 2.94. The Morgan fingerprint density at radius 3 is 2.75 bits per heavy atom. The first kappa shape index (κ1) is 12.9. The number of nitrogens with two attached hydrogens (primary N) is 1. The van der Waals surface area contributed by atoms with E-state index in [2.05, 4.69) is 6.58 Å². The summed E-state index contributed by atoms with van der Waals surface area (Å²) < 4.78 is 22.7. The van der Waals surface area contributed by atoms with Crippen molar-refractivity contribution in [2.45, 2.75) is 23.8 Å². The Labute approximate surface area is 96.9 Å². The molecule has 0 bridgehead atoms. The minimum atomic E-state index is -3.16. The Morgan fingerprint density at radius 2 is 2.19 bits per heavy atom. The molecule has 0 aromatic heterocycles. The summed E-state index contributed by atoms with van der Waals surface area (Å²) in [6.07, 6.45) is 4.60. The monoisotopic (exact) mass is 239 g/mol. The highest BCUT2D eigenvalue weighted by Gasteiger charge is 2.10. The van der Waals surface area contributed by atoms with Crippen LogP contribution in [0.2, 0.25) is 0 Å². The van der Waals surface area contributed by atoms with Gasteiger partial charge in [0.15, 0.2) is 9.84 Å². The van der Waals surface area contributed by atoms with Gasteiger partial charge < -0.3 is 5.73 Å². The Morgan fingerprint density at radius 1 is 1.50 bits per heavy atom. The number of hydrogen-bond acceptors (Lipinski definition) is 3. The van der Waals surface area contributed by atoms with E-state index in [0.717, 1.165) is 18.4 Å². The molecule has 0 saturated heterocycles. The van der Waals surface area contributed by atoms with Crippen molar-refractivity contribution in [2.75, 3.05) is 6.26 Å². The fourth-order valence-electron chi connectivity index (χ4n) is 1.44. The third kappa shape index (κ3) is 3.47. The van der Waals surface area contributed by atoms with Gasteiger partial charge in [-0.25, -0.2) is 8.42 Å². The van der Waals surface area contributed by atoms with Gasteiger partial charge in [0.2, 0.25) is 0 Å². The van der Waals surface area contributed by atoms with Gasteiger partial charge in [-0.15, -0.1) is 6.58 Å². The maximum Gasteiger partial charge on any atom is 0.175 e. The lowest BCUT2D eigenvalue weighted by Gasteiger charge is -2.11. The number of hydrogen-bond donors (Lipinski definition) is 1. The molecule has 1 rings (SSSR count). The largest absolute Gasteiger partial charge is 0.324 e. The summed E-state index contributed by atoms with van der Waals surface area (Å²) in [5, 5.41) is 0. The molecule has 0 radical (unpaired) electrons. The first-order chi connectivity index (χ1) is 7.45. The predicted octanol–water partition coefficient (Wildman–Crippen LogP) is 2.06. The van der Waals surface area contributed by atoms with E-state index in [9.17, 15) is 8.42 Å². The molecule has 0 aliphatic rings. The summed E-state index contributed by atoms with van der Waals surface area (Å²) in [6.45, 7) is 3.63. The Hall–Kier alpha value is -1.13. The van der Waals surface area contributed by atoms with Crippen molar-refractivity contribution in [2.24, 2.45) is 5.73 Å². The molecule has 88 valence electrons. The Bertz CT molecular complexity index is 466. The van der Waals surface area contributed by atoms with E-state index < -0.39 is 9.84 Å². The van der Waals surface area contributed by atoms with Gasteiger partial charge in [-0.1, -0.05) is 18.2 Å². The predicted molar refractivity (Wildman–Crippen MR) is 65.9 cm³/mol. The smallest absolute Gasteiger partial charge is 0.175 e. The van der Waals surface area contributed by atoms with Gasteiger partial charge in [0.1, 0.15) is 0 Å². The van der Waals surface area contributed by atoms with Crippen LogP contribution in [0, 0.1) is 0 Å². The van der Waals surface area contributed by atoms with Crippen molar-refractivity contribution < 1.29 is 8.42 Å². The van der Waals surface area contributed by atoms with Crippen LogP contribution in [0.3, 0.4) is 0 Å². The highest BCUT2D eigenvalue weighted by molar-refractivity contribution is 7.90. The molecule has 1 unspecified atom stereocenters. The van der Waals surface area contributed by atoms with E-state index in [1.165, 1.54) is 6.26 Å². The molecule has 1 aromatic carbocycles. The summed E-state index contributed by atoms with van der Waals surface area (Å²) in [5.74, 6) is 0. The number of rotatable bonds is 5. The summed E-state index contributed by atoms with van der Waals surface area (Å²) >= 11 is 0. The molecule has 0 aliphatic heterocycles. The summed E-state index contributed by atoms with van der Waals surface area (Å²) in [7, 11) is -3.16. The van der Waals surface area contributed by atoms with Crippen molar-refractivity contribution in [3.8, 4) is 0 Å². The zero-order valence-corrected chi connectivity index (χ0v) is 10.2. The van der Waals surface area contributed by atoms with Gasteiger partial charge >= 0.3 is 0 Å². The molecule has 3 nitrogen and oxygen atoms in total. The highest BCUT2D eigenvalue weighted by atomic mass is 32.2. The van der Waals surface area contributed by atoms with E-state index in [-0.39, 0.29) is 6.04 Å². The van der Waals surface area contributed by atoms with Crippen LogP contribution in [-0.2, 0) is 9.84 Å². The zero-order valence-electron chi connectivity index (χ0n) is 9.39. The van der Waals surface area contributed by atoms with E-state index >= 15 is 0 Å².